The van der Waals surface area contributed by atoms with Crippen molar-refractivity contribution in [2.24, 2.45) is 10.8 Å². The van der Waals surface area contributed by atoms with Crippen LogP contribution in [0.4, 0.5) is 5.69 Å². The molecular formula is C34H47N3O6. The molecule has 9 heteroatoms. The summed E-state index contributed by atoms with van der Waals surface area (Å²) in [5.74, 6) is -0.587. The zero-order chi connectivity index (χ0) is 30.6. The maximum Gasteiger partial charge on any atom is 0.243 e. The molecule has 2 aromatic carbocycles. The molecule has 4 N–H and O–H groups in total. The normalized spacial score (nSPS) is 28.4. The number of hydroxylamine groups is 1. The molecule has 9 nitrogen and oxygen atoms in total. The Kier molecular flexibility index (Phi) is 9.88. The third-order valence-electron chi connectivity index (χ3n) is 9.20. The van der Waals surface area contributed by atoms with Gasteiger partial charge in [-0.3, -0.25) is 19.7 Å². The quantitative estimate of drug-likeness (QED) is 0.151. The van der Waals surface area contributed by atoms with Crippen molar-refractivity contribution in [3.8, 4) is 0 Å². The standard InChI is InChI=1S/C34H47N3O6/c1-33(2)17-27-18-34(3,21-33)22-37(27)19-28-16-29(24-13-11-23(20-38)12-14-24)43-32(42-28)25-7-6-8-26(15-25)35-30(39)9-4-5-10-31(40)36-41/h6-8,11-15,27-29,32,38,41H,4-5,9-10,16-22H2,1-3H3,(H,35,39)(H,36,40)/t27?,28-,29+,32+,34?/m1/s1. The Hall–Kier alpha value is -2.82. The lowest BCUT2D eigenvalue weighted by atomic mass is 9.65. The van der Waals surface area contributed by atoms with Crippen LogP contribution in [-0.2, 0) is 25.7 Å². The fourth-order valence-electron chi connectivity index (χ4n) is 7.70. The van der Waals surface area contributed by atoms with E-state index in [0.29, 0.717) is 35.4 Å². The molecule has 3 fully saturated rings. The summed E-state index contributed by atoms with van der Waals surface area (Å²) in [5.41, 5.74) is 5.73. The van der Waals surface area contributed by atoms with E-state index in [1.165, 1.54) is 19.3 Å². The van der Waals surface area contributed by atoms with E-state index in [1.807, 2.05) is 48.5 Å². The minimum atomic E-state index is -0.593. The van der Waals surface area contributed by atoms with Crippen molar-refractivity contribution in [3.63, 3.8) is 0 Å². The second-order valence-corrected chi connectivity index (χ2v) is 13.9. The number of rotatable bonds is 11. The molecule has 2 heterocycles. The van der Waals surface area contributed by atoms with E-state index in [1.54, 1.807) is 5.48 Å². The van der Waals surface area contributed by atoms with Crippen molar-refractivity contribution < 1.29 is 29.4 Å². The average Bonchev–Trinajstić information content (AvgIpc) is 3.22. The van der Waals surface area contributed by atoms with Crippen LogP contribution in [0.15, 0.2) is 48.5 Å². The van der Waals surface area contributed by atoms with Crippen LogP contribution in [0.25, 0.3) is 0 Å². The smallest absolute Gasteiger partial charge is 0.243 e. The zero-order valence-corrected chi connectivity index (χ0v) is 25.7. The molecule has 1 aliphatic carbocycles. The highest BCUT2D eigenvalue weighted by Crippen LogP contribution is 2.53. The first-order valence-electron chi connectivity index (χ1n) is 15.6. The second-order valence-electron chi connectivity index (χ2n) is 13.9. The predicted molar refractivity (Wildman–Crippen MR) is 163 cm³/mol. The number of carbonyl (C=O) groups excluding carboxylic acids is 2. The number of amides is 2. The molecule has 0 aromatic heterocycles. The van der Waals surface area contributed by atoms with E-state index in [4.69, 9.17) is 14.7 Å². The van der Waals surface area contributed by atoms with Gasteiger partial charge in [0.1, 0.15) is 0 Å². The summed E-state index contributed by atoms with van der Waals surface area (Å²) in [5, 5.41) is 21.1. The predicted octanol–water partition coefficient (Wildman–Crippen LogP) is 5.63. The SMILES string of the molecule is CC1(C)CC2CC(C)(CN2C[C@H]2C[C@@H](c3ccc(CO)cc3)O[C@@H](c3cccc(NC(=O)CCCCC(=O)NO)c3)O2)C1. The minimum absolute atomic E-state index is 0.00212. The molecule has 5 atom stereocenters. The molecule has 3 aliphatic rings. The van der Waals surface area contributed by atoms with E-state index >= 15 is 0 Å². The third kappa shape index (κ3) is 8.22. The lowest BCUT2D eigenvalue weighted by Crippen LogP contribution is -2.42. The fraction of sp³-hybridized carbons (Fsp3) is 0.588. The van der Waals surface area contributed by atoms with Crippen molar-refractivity contribution >= 4 is 17.5 Å². The number of nitrogens with one attached hydrogen (secondary N) is 2. The van der Waals surface area contributed by atoms with Gasteiger partial charge in [-0.2, -0.15) is 0 Å². The summed E-state index contributed by atoms with van der Waals surface area (Å²) >= 11 is 0. The van der Waals surface area contributed by atoms with Gasteiger partial charge in [0.15, 0.2) is 6.29 Å². The van der Waals surface area contributed by atoms with Crippen molar-refractivity contribution in [2.45, 2.75) is 103 Å². The average molecular weight is 594 g/mol. The summed E-state index contributed by atoms with van der Waals surface area (Å²) in [7, 11) is 0. The first kappa shape index (κ1) is 31.6. The number of aliphatic hydroxyl groups excluding tert-OH is 1. The van der Waals surface area contributed by atoms with Crippen LogP contribution in [-0.4, -0.2) is 52.3 Å². The van der Waals surface area contributed by atoms with Crippen LogP contribution in [0, 0.1) is 10.8 Å². The van der Waals surface area contributed by atoms with Crippen molar-refractivity contribution in [3.05, 3.63) is 65.2 Å². The number of hydrogen-bond acceptors (Lipinski definition) is 7. The molecule has 2 unspecified atom stereocenters. The molecule has 2 bridgehead atoms. The van der Waals surface area contributed by atoms with Gasteiger partial charge in [-0.15, -0.1) is 0 Å². The maximum atomic E-state index is 12.6. The van der Waals surface area contributed by atoms with Crippen LogP contribution >= 0.6 is 0 Å². The van der Waals surface area contributed by atoms with E-state index in [0.717, 1.165) is 36.2 Å². The Morgan fingerprint density at radius 2 is 1.72 bits per heavy atom. The highest BCUT2D eigenvalue weighted by Gasteiger charge is 2.50. The number of benzene rings is 2. The summed E-state index contributed by atoms with van der Waals surface area (Å²) in [4.78, 5) is 26.4. The monoisotopic (exact) mass is 593 g/mol. The van der Waals surface area contributed by atoms with Crippen molar-refractivity contribution in [2.75, 3.05) is 18.4 Å². The Labute approximate surface area is 254 Å². The van der Waals surface area contributed by atoms with Gasteiger partial charge in [0.05, 0.1) is 18.8 Å². The summed E-state index contributed by atoms with van der Waals surface area (Å²) in [6, 6.07) is 16.1. The van der Waals surface area contributed by atoms with Crippen molar-refractivity contribution in [1.82, 2.24) is 10.4 Å². The van der Waals surface area contributed by atoms with Gasteiger partial charge in [-0.25, -0.2) is 5.48 Å². The Morgan fingerprint density at radius 3 is 2.44 bits per heavy atom. The molecule has 0 radical (unpaired) electrons. The second kappa shape index (κ2) is 13.4. The molecule has 1 saturated carbocycles. The number of unbranched alkanes of at least 4 members (excludes halogenated alkanes) is 1. The minimum Gasteiger partial charge on any atom is -0.392 e. The molecule has 234 valence electrons. The molecule has 2 aromatic rings. The van der Waals surface area contributed by atoms with Gasteiger partial charge in [-0.1, -0.05) is 57.2 Å². The number of likely N-dealkylation sites (tertiary alicyclic amines) is 1. The van der Waals surface area contributed by atoms with Gasteiger partial charge in [0.2, 0.25) is 11.8 Å². The third-order valence-corrected chi connectivity index (χ3v) is 9.20. The Balaban J connectivity index is 1.29. The van der Waals surface area contributed by atoms with E-state index < -0.39 is 12.2 Å². The summed E-state index contributed by atoms with van der Waals surface area (Å²) in [6.45, 7) is 9.18. The Morgan fingerprint density at radius 1 is 0.977 bits per heavy atom. The van der Waals surface area contributed by atoms with Gasteiger partial charge >= 0.3 is 0 Å². The number of ether oxygens (including phenoxy) is 2. The zero-order valence-electron chi connectivity index (χ0n) is 25.7. The van der Waals surface area contributed by atoms with Gasteiger partial charge in [-0.05, 0) is 66.2 Å². The number of nitrogens with zero attached hydrogens (tertiary/aromatic N) is 1. The van der Waals surface area contributed by atoms with Gasteiger partial charge < -0.3 is 19.9 Å². The molecule has 2 amide bonds. The topological polar surface area (TPSA) is 120 Å². The van der Waals surface area contributed by atoms with Crippen LogP contribution in [0.3, 0.4) is 0 Å². The van der Waals surface area contributed by atoms with E-state index in [-0.39, 0.29) is 37.6 Å². The van der Waals surface area contributed by atoms with Crippen molar-refractivity contribution in [1.29, 1.82) is 0 Å². The van der Waals surface area contributed by atoms with E-state index in [2.05, 4.69) is 31.0 Å². The number of anilines is 1. The number of hydrogen-bond donors (Lipinski definition) is 4. The molecule has 2 aliphatic heterocycles. The van der Waals surface area contributed by atoms with Gasteiger partial charge in [0.25, 0.3) is 0 Å². The molecule has 2 saturated heterocycles. The summed E-state index contributed by atoms with van der Waals surface area (Å²) < 4.78 is 13.2. The van der Waals surface area contributed by atoms with E-state index in [9.17, 15) is 14.7 Å². The number of carbonyl (C=O) groups is 2. The number of aliphatic hydroxyl groups is 1. The van der Waals surface area contributed by atoms with Gasteiger partial charge in [0, 0.05) is 49.6 Å². The Bertz CT molecular complexity index is 1270. The molecule has 43 heavy (non-hydrogen) atoms. The van der Waals surface area contributed by atoms with Crippen LogP contribution in [0.2, 0.25) is 0 Å². The lowest BCUT2D eigenvalue weighted by Gasteiger charge is -2.41. The highest BCUT2D eigenvalue weighted by atomic mass is 16.7. The molecule has 0 spiro atoms. The highest BCUT2D eigenvalue weighted by molar-refractivity contribution is 5.90. The lowest BCUT2D eigenvalue weighted by molar-refractivity contribution is -0.253. The number of fused-ring (bicyclic) bond motifs is 2. The summed E-state index contributed by atoms with van der Waals surface area (Å²) in [6.07, 6.45) is 5.16. The molecule has 5 rings (SSSR count). The maximum absolute atomic E-state index is 12.6. The largest absolute Gasteiger partial charge is 0.392 e. The van der Waals surface area contributed by atoms with Crippen LogP contribution < -0.4 is 10.8 Å². The van der Waals surface area contributed by atoms with Crippen LogP contribution in [0.1, 0.15) is 101 Å². The first-order chi connectivity index (χ1) is 20.5. The van der Waals surface area contributed by atoms with Crippen LogP contribution in [0.5, 0.6) is 0 Å². The fourth-order valence-corrected chi connectivity index (χ4v) is 7.70. The molecular weight excluding hydrogens is 546 g/mol. The first-order valence-corrected chi connectivity index (χ1v) is 15.6.